The van der Waals surface area contributed by atoms with Crippen LogP contribution in [0.25, 0.3) is 0 Å². The molecule has 0 fully saturated rings. The van der Waals surface area contributed by atoms with Gasteiger partial charge in [0.05, 0.1) is 6.10 Å². The van der Waals surface area contributed by atoms with Gasteiger partial charge in [0.2, 0.25) is 0 Å². The van der Waals surface area contributed by atoms with Crippen LogP contribution in [0.2, 0.25) is 0 Å². The van der Waals surface area contributed by atoms with E-state index in [9.17, 15) is 5.11 Å². The van der Waals surface area contributed by atoms with Crippen LogP contribution in [-0.4, -0.2) is 26.0 Å². The normalized spacial score (nSPS) is 13.6. The lowest BCUT2D eigenvalue weighted by Gasteiger charge is -2.13. The Labute approximate surface area is 78.6 Å². The van der Waals surface area contributed by atoms with E-state index in [-0.39, 0.29) is 6.10 Å². The summed E-state index contributed by atoms with van der Waals surface area (Å²) < 4.78 is 1.74. The standard InChI is InChI=1S/C9H17N3O/c1-7(2)8(13)4-5-9-10-6-11-12(9)3/h6-8,13H,4-5H2,1-3H3. The van der Waals surface area contributed by atoms with Crippen molar-refractivity contribution in [3.8, 4) is 0 Å². The molecule has 13 heavy (non-hydrogen) atoms. The maximum absolute atomic E-state index is 9.56. The van der Waals surface area contributed by atoms with E-state index in [0.29, 0.717) is 5.92 Å². The number of hydrogen-bond acceptors (Lipinski definition) is 3. The first-order valence-corrected chi connectivity index (χ1v) is 4.62. The van der Waals surface area contributed by atoms with E-state index < -0.39 is 0 Å². The van der Waals surface area contributed by atoms with Gasteiger partial charge in [-0.05, 0) is 12.3 Å². The molecule has 1 atom stereocenters. The fourth-order valence-electron chi connectivity index (χ4n) is 1.16. The van der Waals surface area contributed by atoms with E-state index in [1.54, 1.807) is 4.68 Å². The van der Waals surface area contributed by atoms with Crippen molar-refractivity contribution in [1.29, 1.82) is 0 Å². The van der Waals surface area contributed by atoms with Crippen LogP contribution in [-0.2, 0) is 13.5 Å². The molecule has 1 unspecified atom stereocenters. The summed E-state index contributed by atoms with van der Waals surface area (Å²) in [7, 11) is 1.87. The molecule has 0 saturated heterocycles. The van der Waals surface area contributed by atoms with Crippen LogP contribution in [0.4, 0.5) is 0 Å². The highest BCUT2D eigenvalue weighted by Gasteiger charge is 2.10. The third-order valence-electron chi connectivity index (χ3n) is 2.24. The van der Waals surface area contributed by atoms with Crippen LogP contribution in [0.15, 0.2) is 6.33 Å². The third-order valence-corrected chi connectivity index (χ3v) is 2.24. The largest absolute Gasteiger partial charge is 0.393 e. The zero-order chi connectivity index (χ0) is 9.84. The molecule has 1 N–H and O–H groups in total. The van der Waals surface area contributed by atoms with Crippen LogP contribution >= 0.6 is 0 Å². The van der Waals surface area contributed by atoms with Gasteiger partial charge in [0.15, 0.2) is 0 Å². The van der Waals surface area contributed by atoms with Crippen LogP contribution < -0.4 is 0 Å². The fourth-order valence-corrected chi connectivity index (χ4v) is 1.16. The van der Waals surface area contributed by atoms with Gasteiger partial charge in [-0.25, -0.2) is 4.98 Å². The number of hydrogen-bond donors (Lipinski definition) is 1. The molecule has 4 nitrogen and oxygen atoms in total. The molecular formula is C9H17N3O. The minimum Gasteiger partial charge on any atom is -0.393 e. The lowest BCUT2D eigenvalue weighted by atomic mass is 10.0. The Balaban J connectivity index is 2.39. The SMILES string of the molecule is CC(C)C(O)CCc1ncnn1C. The minimum absolute atomic E-state index is 0.239. The zero-order valence-corrected chi connectivity index (χ0v) is 8.44. The molecule has 0 aliphatic heterocycles. The highest BCUT2D eigenvalue weighted by molar-refractivity contribution is 4.84. The topological polar surface area (TPSA) is 50.9 Å². The van der Waals surface area contributed by atoms with Crippen molar-refractivity contribution in [2.45, 2.75) is 32.8 Å². The van der Waals surface area contributed by atoms with Gasteiger partial charge >= 0.3 is 0 Å². The maximum Gasteiger partial charge on any atom is 0.138 e. The van der Waals surface area contributed by atoms with Crippen molar-refractivity contribution in [1.82, 2.24) is 14.8 Å². The number of aliphatic hydroxyl groups is 1. The Hall–Kier alpha value is -0.900. The molecule has 4 heteroatoms. The smallest absolute Gasteiger partial charge is 0.138 e. The molecule has 0 bridgehead atoms. The molecule has 0 radical (unpaired) electrons. The average molecular weight is 183 g/mol. The summed E-state index contributed by atoms with van der Waals surface area (Å²) in [5, 5.41) is 13.5. The van der Waals surface area contributed by atoms with Gasteiger partial charge in [-0.15, -0.1) is 0 Å². The lowest BCUT2D eigenvalue weighted by molar-refractivity contribution is 0.115. The molecule has 1 heterocycles. The van der Waals surface area contributed by atoms with Gasteiger partial charge in [0.1, 0.15) is 12.2 Å². The molecule has 0 aromatic carbocycles. The van der Waals surface area contributed by atoms with Gasteiger partial charge in [0, 0.05) is 13.5 Å². The first-order valence-electron chi connectivity index (χ1n) is 4.62. The van der Waals surface area contributed by atoms with Crippen molar-refractivity contribution in [3.05, 3.63) is 12.2 Å². The first-order chi connectivity index (χ1) is 6.11. The quantitative estimate of drug-likeness (QED) is 0.750. The Morgan fingerprint density at radius 1 is 1.54 bits per heavy atom. The maximum atomic E-state index is 9.56. The Morgan fingerprint density at radius 2 is 2.23 bits per heavy atom. The molecule has 1 rings (SSSR count). The predicted molar refractivity (Wildman–Crippen MR) is 50.2 cm³/mol. The number of aromatic nitrogens is 3. The molecule has 1 aromatic heterocycles. The van der Waals surface area contributed by atoms with Gasteiger partial charge in [-0.1, -0.05) is 13.8 Å². The van der Waals surface area contributed by atoms with Crippen LogP contribution in [0.1, 0.15) is 26.1 Å². The minimum atomic E-state index is -0.239. The zero-order valence-electron chi connectivity index (χ0n) is 8.44. The average Bonchev–Trinajstić information content (AvgIpc) is 2.47. The molecule has 1 aromatic rings. The van der Waals surface area contributed by atoms with E-state index in [1.807, 2.05) is 20.9 Å². The van der Waals surface area contributed by atoms with E-state index >= 15 is 0 Å². The molecule has 74 valence electrons. The third kappa shape index (κ3) is 2.81. The summed E-state index contributed by atoms with van der Waals surface area (Å²) in [6, 6.07) is 0. The summed E-state index contributed by atoms with van der Waals surface area (Å²) in [5.41, 5.74) is 0. The van der Waals surface area contributed by atoms with Gasteiger partial charge in [0.25, 0.3) is 0 Å². The second kappa shape index (κ2) is 4.37. The molecule has 0 amide bonds. The molecule has 0 saturated carbocycles. The Morgan fingerprint density at radius 3 is 2.69 bits per heavy atom. The summed E-state index contributed by atoms with van der Waals surface area (Å²) in [6.45, 7) is 4.03. The highest BCUT2D eigenvalue weighted by atomic mass is 16.3. The molecule has 0 aliphatic carbocycles. The van der Waals surface area contributed by atoms with Gasteiger partial charge < -0.3 is 5.11 Å². The van der Waals surface area contributed by atoms with Crippen LogP contribution in [0.5, 0.6) is 0 Å². The van der Waals surface area contributed by atoms with E-state index in [2.05, 4.69) is 10.1 Å². The van der Waals surface area contributed by atoms with Crippen molar-refractivity contribution in [2.75, 3.05) is 0 Å². The number of aliphatic hydroxyl groups excluding tert-OH is 1. The van der Waals surface area contributed by atoms with Crippen molar-refractivity contribution in [3.63, 3.8) is 0 Å². The number of nitrogens with zero attached hydrogens (tertiary/aromatic N) is 3. The fraction of sp³-hybridized carbons (Fsp3) is 0.778. The first kappa shape index (κ1) is 10.2. The highest BCUT2D eigenvalue weighted by Crippen LogP contribution is 2.08. The Kier molecular flexibility index (Phi) is 3.42. The van der Waals surface area contributed by atoms with E-state index in [0.717, 1.165) is 18.7 Å². The second-order valence-corrected chi connectivity index (χ2v) is 3.65. The summed E-state index contributed by atoms with van der Waals surface area (Å²) in [5.74, 6) is 1.24. The summed E-state index contributed by atoms with van der Waals surface area (Å²) in [4.78, 5) is 4.09. The van der Waals surface area contributed by atoms with Crippen molar-refractivity contribution < 1.29 is 5.11 Å². The van der Waals surface area contributed by atoms with Gasteiger partial charge in [-0.3, -0.25) is 4.68 Å². The van der Waals surface area contributed by atoms with Crippen molar-refractivity contribution in [2.24, 2.45) is 13.0 Å². The van der Waals surface area contributed by atoms with Crippen molar-refractivity contribution >= 4 is 0 Å². The summed E-state index contributed by atoms with van der Waals surface area (Å²) in [6.07, 6.45) is 2.84. The second-order valence-electron chi connectivity index (χ2n) is 3.65. The molecule has 0 spiro atoms. The monoisotopic (exact) mass is 183 g/mol. The summed E-state index contributed by atoms with van der Waals surface area (Å²) >= 11 is 0. The van der Waals surface area contributed by atoms with Gasteiger partial charge in [-0.2, -0.15) is 5.10 Å². The van der Waals surface area contributed by atoms with Crippen LogP contribution in [0, 0.1) is 5.92 Å². The number of aryl methyl sites for hydroxylation is 2. The molecule has 0 aliphatic rings. The lowest BCUT2D eigenvalue weighted by Crippen LogP contribution is -2.16. The molecular weight excluding hydrogens is 166 g/mol. The number of rotatable bonds is 4. The van der Waals surface area contributed by atoms with E-state index in [1.165, 1.54) is 6.33 Å². The predicted octanol–water partition coefficient (Wildman–Crippen LogP) is 0.765. The van der Waals surface area contributed by atoms with E-state index in [4.69, 9.17) is 0 Å². The van der Waals surface area contributed by atoms with Crippen LogP contribution in [0.3, 0.4) is 0 Å². The Bertz CT molecular complexity index is 257.